The van der Waals surface area contributed by atoms with Crippen molar-refractivity contribution in [2.75, 3.05) is 0 Å². The lowest BCUT2D eigenvalue weighted by molar-refractivity contribution is -0.137. The first kappa shape index (κ1) is 12.3. The number of oxazole rings is 1. The number of rotatable bonds is 3. The van der Waals surface area contributed by atoms with Crippen LogP contribution in [0.25, 0.3) is 11.5 Å². The molecule has 6 heteroatoms. The van der Waals surface area contributed by atoms with E-state index in [1.54, 1.807) is 0 Å². The lowest BCUT2D eigenvalue weighted by Crippen LogP contribution is -2.06. The molecule has 0 aliphatic carbocycles. The van der Waals surface area contributed by atoms with Gasteiger partial charge in [-0.3, -0.25) is 0 Å². The topological polar surface area (TPSA) is 43.1 Å². The zero-order valence-corrected chi connectivity index (χ0v) is 9.07. The summed E-state index contributed by atoms with van der Waals surface area (Å²) in [6.45, 7) is 0. The number of carbonyl (C=O) groups is 1. The standard InChI is InChI=1S/C12H8F3NO2/c13-12(14,15)10-4-2-1-3-9(10)11-16-8(5-6-17)7-18-11/h1-4,6-7H,5H2. The average Bonchev–Trinajstić information content (AvgIpc) is 2.77. The lowest BCUT2D eigenvalue weighted by atomic mass is 10.1. The van der Waals surface area contributed by atoms with Gasteiger partial charge < -0.3 is 9.21 Å². The van der Waals surface area contributed by atoms with Gasteiger partial charge in [0.05, 0.1) is 11.3 Å². The van der Waals surface area contributed by atoms with Gasteiger partial charge in [-0.05, 0) is 12.1 Å². The highest BCUT2D eigenvalue weighted by molar-refractivity contribution is 5.61. The molecule has 0 aliphatic heterocycles. The molecule has 0 atom stereocenters. The molecule has 3 nitrogen and oxygen atoms in total. The van der Waals surface area contributed by atoms with Gasteiger partial charge in [-0.1, -0.05) is 12.1 Å². The van der Waals surface area contributed by atoms with Crippen LogP contribution in [0.3, 0.4) is 0 Å². The van der Waals surface area contributed by atoms with E-state index in [1.807, 2.05) is 0 Å². The summed E-state index contributed by atoms with van der Waals surface area (Å²) < 4.78 is 43.3. The summed E-state index contributed by atoms with van der Waals surface area (Å²) in [4.78, 5) is 14.1. The highest BCUT2D eigenvalue weighted by atomic mass is 19.4. The molecule has 0 fully saturated rings. The Kier molecular flexibility index (Phi) is 3.18. The Balaban J connectivity index is 2.46. The van der Waals surface area contributed by atoms with Gasteiger partial charge in [-0.2, -0.15) is 13.2 Å². The highest BCUT2D eigenvalue weighted by Crippen LogP contribution is 2.36. The molecule has 0 unspecified atom stereocenters. The number of hydrogen-bond acceptors (Lipinski definition) is 3. The van der Waals surface area contributed by atoms with Crippen molar-refractivity contribution in [3.63, 3.8) is 0 Å². The van der Waals surface area contributed by atoms with Crippen molar-refractivity contribution < 1.29 is 22.4 Å². The molecule has 0 amide bonds. The largest absolute Gasteiger partial charge is 0.444 e. The van der Waals surface area contributed by atoms with Crippen molar-refractivity contribution in [3.05, 3.63) is 41.8 Å². The Labute approximate surface area is 100 Å². The van der Waals surface area contributed by atoms with E-state index in [9.17, 15) is 18.0 Å². The van der Waals surface area contributed by atoms with Gasteiger partial charge in [-0.25, -0.2) is 4.98 Å². The van der Waals surface area contributed by atoms with E-state index in [-0.39, 0.29) is 17.9 Å². The Morgan fingerprint density at radius 2 is 2.00 bits per heavy atom. The van der Waals surface area contributed by atoms with Crippen LogP contribution in [-0.4, -0.2) is 11.3 Å². The van der Waals surface area contributed by atoms with Crippen LogP contribution in [0.15, 0.2) is 34.9 Å². The summed E-state index contributed by atoms with van der Waals surface area (Å²) >= 11 is 0. The van der Waals surface area contributed by atoms with E-state index >= 15 is 0 Å². The normalized spacial score (nSPS) is 11.5. The third-order valence-corrected chi connectivity index (χ3v) is 2.31. The number of halogens is 3. The molecule has 1 heterocycles. The van der Waals surface area contributed by atoms with Gasteiger partial charge in [0.25, 0.3) is 0 Å². The molecule has 0 spiro atoms. The molecule has 1 aromatic heterocycles. The van der Waals surface area contributed by atoms with E-state index in [2.05, 4.69) is 4.98 Å². The number of carbonyl (C=O) groups excluding carboxylic acids is 1. The first-order valence-electron chi connectivity index (χ1n) is 5.07. The second kappa shape index (κ2) is 4.64. The van der Waals surface area contributed by atoms with Gasteiger partial charge in [0.1, 0.15) is 12.5 Å². The zero-order valence-electron chi connectivity index (χ0n) is 9.07. The quantitative estimate of drug-likeness (QED) is 0.791. The summed E-state index contributed by atoms with van der Waals surface area (Å²) in [6, 6.07) is 4.99. The first-order chi connectivity index (χ1) is 8.52. The molecule has 0 bridgehead atoms. The maximum Gasteiger partial charge on any atom is 0.417 e. The minimum Gasteiger partial charge on any atom is -0.444 e. The molecule has 1 aromatic carbocycles. The number of hydrogen-bond donors (Lipinski definition) is 0. The second-order valence-corrected chi connectivity index (χ2v) is 3.56. The van der Waals surface area contributed by atoms with Crippen molar-refractivity contribution in [1.29, 1.82) is 0 Å². The summed E-state index contributed by atoms with van der Waals surface area (Å²) in [5, 5.41) is 0. The molecule has 0 radical (unpaired) electrons. The smallest absolute Gasteiger partial charge is 0.417 e. The molecule has 0 saturated heterocycles. The van der Waals surface area contributed by atoms with E-state index < -0.39 is 11.7 Å². The van der Waals surface area contributed by atoms with Gasteiger partial charge in [0, 0.05) is 12.0 Å². The summed E-state index contributed by atoms with van der Waals surface area (Å²) in [5.74, 6) is -0.139. The lowest BCUT2D eigenvalue weighted by Gasteiger charge is -2.09. The van der Waals surface area contributed by atoms with Crippen LogP contribution in [-0.2, 0) is 17.4 Å². The van der Waals surface area contributed by atoms with Crippen LogP contribution >= 0.6 is 0 Å². The van der Waals surface area contributed by atoms with Gasteiger partial charge in [0.15, 0.2) is 0 Å². The van der Waals surface area contributed by atoms with E-state index in [4.69, 9.17) is 4.42 Å². The molecule has 2 rings (SSSR count). The Bertz CT molecular complexity index is 560. The Morgan fingerprint density at radius 1 is 1.28 bits per heavy atom. The predicted molar refractivity (Wildman–Crippen MR) is 56.7 cm³/mol. The molecule has 0 aliphatic rings. The molecular weight excluding hydrogens is 247 g/mol. The molecule has 94 valence electrons. The number of alkyl halides is 3. The van der Waals surface area contributed by atoms with Gasteiger partial charge in [-0.15, -0.1) is 0 Å². The van der Waals surface area contributed by atoms with Crippen molar-refractivity contribution in [1.82, 2.24) is 4.98 Å². The zero-order chi connectivity index (χ0) is 13.2. The van der Waals surface area contributed by atoms with Crippen LogP contribution in [0.5, 0.6) is 0 Å². The fourth-order valence-electron chi connectivity index (χ4n) is 1.53. The number of benzene rings is 1. The number of nitrogens with zero attached hydrogens (tertiary/aromatic N) is 1. The highest BCUT2D eigenvalue weighted by Gasteiger charge is 2.34. The third-order valence-electron chi connectivity index (χ3n) is 2.31. The van der Waals surface area contributed by atoms with Crippen molar-refractivity contribution in [3.8, 4) is 11.5 Å². The minimum atomic E-state index is -4.48. The molecular formula is C12H8F3NO2. The Hall–Kier alpha value is -2.11. The fraction of sp³-hybridized carbons (Fsp3) is 0.167. The number of aromatic nitrogens is 1. The van der Waals surface area contributed by atoms with E-state index in [0.717, 1.165) is 6.07 Å². The summed E-state index contributed by atoms with van der Waals surface area (Å²) in [7, 11) is 0. The Morgan fingerprint density at radius 3 is 2.67 bits per heavy atom. The average molecular weight is 255 g/mol. The summed E-state index contributed by atoms with van der Waals surface area (Å²) in [5.41, 5.74) is -0.649. The second-order valence-electron chi connectivity index (χ2n) is 3.56. The summed E-state index contributed by atoms with van der Waals surface area (Å²) in [6.07, 6.45) is -2.68. The molecule has 0 N–H and O–H groups in total. The maximum atomic E-state index is 12.8. The van der Waals surface area contributed by atoms with Crippen molar-refractivity contribution in [2.45, 2.75) is 12.6 Å². The van der Waals surface area contributed by atoms with Gasteiger partial charge in [0.2, 0.25) is 5.89 Å². The van der Waals surface area contributed by atoms with Crippen molar-refractivity contribution in [2.24, 2.45) is 0 Å². The molecule has 2 aromatic rings. The molecule has 18 heavy (non-hydrogen) atoms. The monoisotopic (exact) mass is 255 g/mol. The van der Waals surface area contributed by atoms with Crippen LogP contribution in [0.4, 0.5) is 13.2 Å². The maximum absolute atomic E-state index is 12.8. The minimum absolute atomic E-state index is 0.0116. The van der Waals surface area contributed by atoms with Crippen LogP contribution < -0.4 is 0 Å². The third kappa shape index (κ3) is 2.42. The SMILES string of the molecule is O=CCc1coc(-c2ccccc2C(F)(F)F)n1. The van der Waals surface area contributed by atoms with Crippen LogP contribution in [0.1, 0.15) is 11.3 Å². The fourth-order valence-corrected chi connectivity index (χ4v) is 1.53. The van der Waals surface area contributed by atoms with Crippen LogP contribution in [0, 0.1) is 0 Å². The van der Waals surface area contributed by atoms with Crippen molar-refractivity contribution >= 4 is 6.29 Å². The van der Waals surface area contributed by atoms with Crippen LogP contribution in [0.2, 0.25) is 0 Å². The predicted octanol–water partition coefficient (Wildman–Crippen LogP) is 3.10. The van der Waals surface area contributed by atoms with E-state index in [0.29, 0.717) is 12.0 Å². The van der Waals surface area contributed by atoms with E-state index in [1.165, 1.54) is 24.5 Å². The number of aldehydes is 1. The van der Waals surface area contributed by atoms with Gasteiger partial charge >= 0.3 is 6.18 Å². The molecule has 0 saturated carbocycles. The first-order valence-corrected chi connectivity index (χ1v) is 5.07.